The molecule has 30 heavy (non-hydrogen) atoms. The van der Waals surface area contributed by atoms with Crippen LogP contribution in [0.2, 0.25) is 0 Å². The molecule has 1 unspecified atom stereocenters. The van der Waals surface area contributed by atoms with Crippen molar-refractivity contribution in [3.63, 3.8) is 0 Å². The molecule has 1 heterocycles. The van der Waals surface area contributed by atoms with Gasteiger partial charge in [-0.05, 0) is 75.1 Å². The number of thioether (sulfide) groups is 1. The van der Waals surface area contributed by atoms with Crippen LogP contribution in [-0.4, -0.2) is 26.4 Å². The zero-order valence-electron chi connectivity index (χ0n) is 18.3. The Morgan fingerprint density at radius 2 is 1.83 bits per heavy atom. The van der Waals surface area contributed by atoms with Crippen LogP contribution in [-0.2, 0) is 11.8 Å². The molecule has 1 N–H and O–H groups in total. The molecule has 0 fully saturated rings. The first-order valence-corrected chi connectivity index (χ1v) is 10.9. The highest BCUT2D eigenvalue weighted by molar-refractivity contribution is 7.99. The van der Waals surface area contributed by atoms with Gasteiger partial charge in [-0.25, -0.2) is 0 Å². The minimum Gasteiger partial charge on any atom is -0.483 e. The Hall–Kier alpha value is -2.80. The molecule has 3 aromatic rings. The number of benzene rings is 2. The molecule has 0 aliphatic rings. The first-order chi connectivity index (χ1) is 14.2. The van der Waals surface area contributed by atoms with Gasteiger partial charge in [0.2, 0.25) is 5.91 Å². The Balaban J connectivity index is 1.62. The average molecular weight is 425 g/mol. The summed E-state index contributed by atoms with van der Waals surface area (Å²) >= 11 is 1.36. The largest absolute Gasteiger partial charge is 0.483 e. The highest BCUT2D eigenvalue weighted by Crippen LogP contribution is 2.25. The summed E-state index contributed by atoms with van der Waals surface area (Å²) in [5.41, 5.74) is 5.38. The lowest BCUT2D eigenvalue weighted by molar-refractivity contribution is -0.113. The number of carbonyl (C=O) groups excluding carboxylic acids is 1. The van der Waals surface area contributed by atoms with Crippen molar-refractivity contribution < 1.29 is 9.53 Å². The number of aryl methyl sites for hydroxylation is 3. The molecule has 0 saturated carbocycles. The minimum atomic E-state index is -0.262. The molecule has 0 spiro atoms. The number of rotatable bonds is 7. The van der Waals surface area contributed by atoms with E-state index in [0.717, 1.165) is 33.7 Å². The number of anilines is 1. The number of nitrogens with zero attached hydrogens (tertiary/aromatic N) is 3. The lowest BCUT2D eigenvalue weighted by Gasteiger charge is -2.15. The topological polar surface area (TPSA) is 69.0 Å². The molecular weight excluding hydrogens is 396 g/mol. The zero-order chi connectivity index (χ0) is 21.8. The molecule has 7 heteroatoms. The molecule has 0 aliphatic carbocycles. The Morgan fingerprint density at radius 3 is 2.53 bits per heavy atom. The SMILES string of the molecule is Cc1cc(C)cc(OC(C)c2nnc(SCC(=O)Nc3cccc(C)c3C)n2C)c1. The van der Waals surface area contributed by atoms with Crippen molar-refractivity contribution >= 4 is 23.4 Å². The average Bonchev–Trinajstić information content (AvgIpc) is 3.03. The zero-order valence-corrected chi connectivity index (χ0v) is 19.1. The van der Waals surface area contributed by atoms with Gasteiger partial charge in [0, 0.05) is 12.7 Å². The highest BCUT2D eigenvalue weighted by atomic mass is 32.2. The van der Waals surface area contributed by atoms with Crippen LogP contribution in [0.4, 0.5) is 5.69 Å². The molecule has 1 atom stereocenters. The summed E-state index contributed by atoms with van der Waals surface area (Å²) in [5.74, 6) is 1.71. The van der Waals surface area contributed by atoms with Gasteiger partial charge in [0.1, 0.15) is 5.75 Å². The monoisotopic (exact) mass is 424 g/mol. The van der Waals surface area contributed by atoms with Crippen molar-refractivity contribution in [2.75, 3.05) is 11.1 Å². The van der Waals surface area contributed by atoms with Crippen LogP contribution in [0, 0.1) is 27.7 Å². The smallest absolute Gasteiger partial charge is 0.234 e. The second kappa shape index (κ2) is 9.34. The number of aromatic nitrogens is 3. The van der Waals surface area contributed by atoms with Crippen molar-refractivity contribution in [1.82, 2.24) is 14.8 Å². The van der Waals surface area contributed by atoms with E-state index in [1.807, 2.05) is 76.6 Å². The molecule has 158 valence electrons. The summed E-state index contributed by atoms with van der Waals surface area (Å²) in [5, 5.41) is 12.2. The maximum absolute atomic E-state index is 12.4. The lowest BCUT2D eigenvalue weighted by Crippen LogP contribution is -2.15. The van der Waals surface area contributed by atoms with Gasteiger partial charge >= 0.3 is 0 Å². The third-order valence-corrected chi connectivity index (χ3v) is 5.97. The molecule has 0 aliphatic heterocycles. The fraction of sp³-hybridized carbons (Fsp3) is 0.348. The highest BCUT2D eigenvalue weighted by Gasteiger charge is 2.18. The van der Waals surface area contributed by atoms with E-state index in [-0.39, 0.29) is 17.8 Å². The van der Waals surface area contributed by atoms with Gasteiger partial charge in [-0.1, -0.05) is 30.0 Å². The number of hydrogen-bond donors (Lipinski definition) is 1. The Bertz CT molecular complexity index is 1040. The van der Waals surface area contributed by atoms with Gasteiger partial charge in [-0.3, -0.25) is 4.79 Å². The molecule has 2 aromatic carbocycles. The van der Waals surface area contributed by atoms with Crippen molar-refractivity contribution in [3.05, 3.63) is 64.5 Å². The van der Waals surface area contributed by atoms with Crippen LogP contribution in [0.1, 0.15) is 41.1 Å². The third-order valence-electron chi connectivity index (χ3n) is 4.95. The Labute approximate surface area is 182 Å². The van der Waals surface area contributed by atoms with E-state index < -0.39 is 0 Å². The van der Waals surface area contributed by atoms with Gasteiger partial charge in [-0.15, -0.1) is 10.2 Å². The molecular formula is C23H28N4O2S. The standard InChI is InChI=1S/C23H28N4O2S/c1-14-10-15(2)12-19(11-14)29-18(5)22-25-26-23(27(22)6)30-13-21(28)24-20-9-7-8-16(3)17(20)4/h7-12,18H,13H2,1-6H3,(H,24,28). The summed E-state index contributed by atoms with van der Waals surface area (Å²) in [6.45, 7) is 10.1. The Kier molecular flexibility index (Phi) is 6.82. The second-order valence-corrected chi connectivity index (χ2v) is 8.51. The fourth-order valence-corrected chi connectivity index (χ4v) is 3.98. The van der Waals surface area contributed by atoms with Crippen molar-refractivity contribution in [1.29, 1.82) is 0 Å². The fourth-order valence-electron chi connectivity index (χ4n) is 3.27. The summed E-state index contributed by atoms with van der Waals surface area (Å²) in [6, 6.07) is 12.0. The van der Waals surface area contributed by atoms with Crippen LogP contribution in [0.25, 0.3) is 0 Å². The molecule has 0 bridgehead atoms. The predicted molar refractivity (Wildman–Crippen MR) is 121 cm³/mol. The van der Waals surface area contributed by atoms with Crippen LogP contribution < -0.4 is 10.1 Å². The Morgan fingerprint density at radius 1 is 1.13 bits per heavy atom. The van der Waals surface area contributed by atoms with Gasteiger partial charge < -0.3 is 14.6 Å². The summed E-state index contributed by atoms with van der Waals surface area (Å²) < 4.78 is 7.95. The lowest BCUT2D eigenvalue weighted by atomic mass is 10.1. The quantitative estimate of drug-likeness (QED) is 0.545. The molecule has 0 saturated heterocycles. The van der Waals surface area contributed by atoms with Crippen molar-refractivity contribution in [2.45, 2.75) is 45.9 Å². The van der Waals surface area contributed by atoms with Gasteiger partial charge in [-0.2, -0.15) is 0 Å². The van der Waals surface area contributed by atoms with Crippen LogP contribution >= 0.6 is 11.8 Å². The predicted octanol–water partition coefficient (Wildman–Crippen LogP) is 4.92. The molecule has 0 radical (unpaired) electrons. The number of hydrogen-bond acceptors (Lipinski definition) is 5. The van der Waals surface area contributed by atoms with Crippen LogP contribution in [0.15, 0.2) is 41.6 Å². The van der Waals surface area contributed by atoms with E-state index in [4.69, 9.17) is 4.74 Å². The number of nitrogens with one attached hydrogen (secondary N) is 1. The van der Waals surface area contributed by atoms with Crippen LogP contribution in [0.5, 0.6) is 5.75 Å². The van der Waals surface area contributed by atoms with E-state index in [2.05, 4.69) is 21.6 Å². The van der Waals surface area contributed by atoms with E-state index >= 15 is 0 Å². The van der Waals surface area contributed by atoms with Crippen molar-refractivity contribution in [3.8, 4) is 5.75 Å². The normalized spacial score (nSPS) is 11.9. The van der Waals surface area contributed by atoms with Gasteiger partial charge in [0.25, 0.3) is 0 Å². The maximum atomic E-state index is 12.4. The first kappa shape index (κ1) is 21.9. The van der Waals surface area contributed by atoms with E-state index in [9.17, 15) is 4.79 Å². The first-order valence-electron chi connectivity index (χ1n) is 9.87. The number of ether oxygens (including phenoxy) is 1. The molecule has 1 amide bonds. The summed E-state index contributed by atoms with van der Waals surface area (Å²) in [4.78, 5) is 12.4. The van der Waals surface area contributed by atoms with E-state index in [1.165, 1.54) is 11.8 Å². The molecule has 3 rings (SSSR count). The maximum Gasteiger partial charge on any atom is 0.234 e. The van der Waals surface area contributed by atoms with Crippen molar-refractivity contribution in [2.24, 2.45) is 7.05 Å². The van der Waals surface area contributed by atoms with Gasteiger partial charge in [0.15, 0.2) is 17.1 Å². The van der Waals surface area contributed by atoms with Crippen LogP contribution in [0.3, 0.4) is 0 Å². The molecule has 6 nitrogen and oxygen atoms in total. The number of carbonyl (C=O) groups is 1. The van der Waals surface area contributed by atoms with E-state index in [0.29, 0.717) is 11.0 Å². The minimum absolute atomic E-state index is 0.0715. The van der Waals surface area contributed by atoms with Gasteiger partial charge in [0.05, 0.1) is 5.75 Å². The third kappa shape index (κ3) is 5.21. The number of amides is 1. The summed E-state index contributed by atoms with van der Waals surface area (Å²) in [7, 11) is 1.89. The second-order valence-electron chi connectivity index (χ2n) is 7.57. The molecule has 1 aromatic heterocycles. The summed E-state index contributed by atoms with van der Waals surface area (Å²) in [6.07, 6.45) is -0.262. The van der Waals surface area contributed by atoms with E-state index in [1.54, 1.807) is 0 Å².